The first-order valence-electron chi connectivity index (χ1n) is 8.25. The summed E-state index contributed by atoms with van der Waals surface area (Å²) < 4.78 is 0. The second kappa shape index (κ2) is 7.05. The fourth-order valence-corrected chi connectivity index (χ4v) is 3.63. The molecule has 7 heteroatoms. The summed E-state index contributed by atoms with van der Waals surface area (Å²) in [4.78, 5) is 14.9. The van der Waals surface area contributed by atoms with Crippen molar-refractivity contribution in [2.24, 2.45) is 0 Å². The molecule has 0 spiro atoms. The summed E-state index contributed by atoms with van der Waals surface area (Å²) >= 11 is 1.45. The van der Waals surface area contributed by atoms with Crippen molar-refractivity contribution in [2.45, 2.75) is 6.54 Å². The Morgan fingerprint density at radius 2 is 1.85 bits per heavy atom. The lowest BCUT2D eigenvalue weighted by atomic mass is 10.0. The lowest BCUT2D eigenvalue weighted by molar-refractivity contribution is -0.384. The fraction of sp³-hybridized carbons (Fsp3) is 0.0500. The Hall–Kier alpha value is -3.45. The quantitative estimate of drug-likeness (QED) is 0.369. The van der Waals surface area contributed by atoms with Crippen molar-refractivity contribution in [3.63, 3.8) is 0 Å². The smallest absolute Gasteiger partial charge is 0.269 e. The number of non-ortho nitro benzene ring substituents is 1. The third-order valence-corrected chi connectivity index (χ3v) is 5.11. The Labute approximate surface area is 158 Å². The van der Waals surface area contributed by atoms with Crippen LogP contribution in [0.3, 0.4) is 0 Å². The van der Waals surface area contributed by atoms with Crippen LogP contribution < -0.4 is 5.32 Å². The summed E-state index contributed by atoms with van der Waals surface area (Å²) in [5, 5.41) is 28.9. The Kier molecular flexibility index (Phi) is 4.43. The lowest BCUT2D eigenvalue weighted by Crippen LogP contribution is -2.00. The molecular weight excluding hydrogens is 362 g/mol. The van der Waals surface area contributed by atoms with Gasteiger partial charge in [0.25, 0.3) is 5.69 Å². The molecule has 4 aromatic rings. The molecule has 27 heavy (non-hydrogen) atoms. The van der Waals surface area contributed by atoms with Crippen molar-refractivity contribution in [1.82, 2.24) is 4.98 Å². The molecule has 1 heterocycles. The van der Waals surface area contributed by atoms with E-state index >= 15 is 0 Å². The molecule has 0 bridgehead atoms. The number of thiazole rings is 1. The average molecular weight is 377 g/mol. The van der Waals surface area contributed by atoms with Crippen molar-refractivity contribution in [1.29, 1.82) is 0 Å². The molecule has 0 atom stereocenters. The van der Waals surface area contributed by atoms with Crippen LogP contribution in [0, 0.1) is 10.1 Å². The summed E-state index contributed by atoms with van der Waals surface area (Å²) in [6, 6.07) is 17.8. The molecule has 0 amide bonds. The van der Waals surface area contributed by atoms with E-state index in [0.717, 1.165) is 32.7 Å². The Bertz CT molecular complexity index is 1120. The van der Waals surface area contributed by atoms with Gasteiger partial charge < -0.3 is 10.4 Å². The van der Waals surface area contributed by atoms with Crippen LogP contribution in [0.25, 0.3) is 22.0 Å². The number of nitro benzene ring substituents is 1. The third-order valence-electron chi connectivity index (χ3n) is 4.31. The van der Waals surface area contributed by atoms with E-state index in [0.29, 0.717) is 6.54 Å². The molecule has 0 radical (unpaired) electrons. The molecule has 0 fully saturated rings. The van der Waals surface area contributed by atoms with Crippen LogP contribution in [0.1, 0.15) is 5.56 Å². The molecule has 0 saturated carbocycles. The number of phenolic OH excluding ortho intramolecular Hbond substituents is 1. The largest absolute Gasteiger partial charge is 0.508 e. The van der Waals surface area contributed by atoms with Gasteiger partial charge in [-0.3, -0.25) is 10.1 Å². The van der Waals surface area contributed by atoms with Gasteiger partial charge in [-0.15, -0.1) is 11.3 Å². The molecule has 0 aliphatic heterocycles. The number of nitrogens with one attached hydrogen (secondary N) is 1. The number of nitrogens with zero attached hydrogens (tertiary/aromatic N) is 2. The molecule has 0 unspecified atom stereocenters. The summed E-state index contributed by atoms with van der Waals surface area (Å²) in [6.45, 7) is 0.445. The van der Waals surface area contributed by atoms with Crippen LogP contribution in [0.2, 0.25) is 0 Å². The highest BCUT2D eigenvalue weighted by Gasteiger charge is 2.10. The number of hydrogen-bond donors (Lipinski definition) is 2. The standard InChI is InChI=1S/C20H15N3O3S/c24-19-10-7-13-3-1-2-4-16(13)17(19)11-21-20-22-18(12-27-20)14-5-8-15(9-6-14)23(25)26/h1-10,12,24H,11H2,(H,21,22). The van der Waals surface area contributed by atoms with Crippen LogP contribution >= 0.6 is 11.3 Å². The van der Waals surface area contributed by atoms with Gasteiger partial charge in [-0.1, -0.05) is 30.3 Å². The van der Waals surface area contributed by atoms with Crippen molar-refractivity contribution in [3.05, 3.63) is 81.7 Å². The van der Waals surface area contributed by atoms with Gasteiger partial charge in [0.15, 0.2) is 5.13 Å². The van der Waals surface area contributed by atoms with Crippen LogP contribution in [0.4, 0.5) is 10.8 Å². The number of phenols is 1. The van der Waals surface area contributed by atoms with E-state index in [9.17, 15) is 15.2 Å². The minimum atomic E-state index is -0.422. The van der Waals surface area contributed by atoms with Crippen LogP contribution in [-0.4, -0.2) is 15.0 Å². The average Bonchev–Trinajstić information content (AvgIpc) is 3.16. The van der Waals surface area contributed by atoms with E-state index in [1.807, 2.05) is 35.7 Å². The summed E-state index contributed by atoms with van der Waals surface area (Å²) in [7, 11) is 0. The molecular formula is C20H15N3O3S. The number of hydrogen-bond acceptors (Lipinski definition) is 6. The number of benzene rings is 3. The maximum absolute atomic E-state index is 10.8. The van der Waals surface area contributed by atoms with Crippen LogP contribution in [-0.2, 0) is 6.54 Å². The molecule has 0 saturated heterocycles. The van der Waals surface area contributed by atoms with Gasteiger partial charge in [-0.25, -0.2) is 4.98 Å². The highest BCUT2D eigenvalue weighted by Crippen LogP contribution is 2.30. The van der Waals surface area contributed by atoms with Crippen LogP contribution in [0.15, 0.2) is 66.0 Å². The maximum atomic E-state index is 10.8. The first kappa shape index (κ1) is 17.0. The molecule has 1 aromatic heterocycles. The van der Waals surface area contributed by atoms with E-state index in [4.69, 9.17) is 0 Å². The predicted octanol–water partition coefficient (Wildman–Crippen LogP) is 5.19. The summed E-state index contributed by atoms with van der Waals surface area (Å²) in [5.74, 6) is 0.244. The van der Waals surface area contributed by atoms with Crippen molar-refractivity contribution in [2.75, 3.05) is 5.32 Å². The SMILES string of the molecule is O=[N+]([O-])c1ccc(-c2csc(NCc3c(O)ccc4ccccc34)n2)cc1. The topological polar surface area (TPSA) is 88.3 Å². The van der Waals surface area contributed by atoms with Gasteiger partial charge >= 0.3 is 0 Å². The molecule has 0 aliphatic rings. The predicted molar refractivity (Wildman–Crippen MR) is 107 cm³/mol. The number of aromatic nitrogens is 1. The number of anilines is 1. The molecule has 0 aliphatic carbocycles. The zero-order chi connectivity index (χ0) is 18.8. The molecule has 6 nitrogen and oxygen atoms in total. The number of aromatic hydroxyl groups is 1. The number of nitro groups is 1. The van der Waals surface area contributed by atoms with Crippen molar-refractivity contribution < 1.29 is 10.0 Å². The van der Waals surface area contributed by atoms with Gasteiger partial charge in [-0.05, 0) is 29.0 Å². The second-order valence-electron chi connectivity index (χ2n) is 5.98. The van der Waals surface area contributed by atoms with Gasteiger partial charge in [0.1, 0.15) is 5.75 Å². The van der Waals surface area contributed by atoms with Crippen molar-refractivity contribution >= 4 is 32.9 Å². The van der Waals surface area contributed by atoms with Gasteiger partial charge in [-0.2, -0.15) is 0 Å². The molecule has 134 valence electrons. The molecule has 3 aromatic carbocycles. The zero-order valence-electron chi connectivity index (χ0n) is 14.1. The monoisotopic (exact) mass is 377 g/mol. The summed E-state index contributed by atoms with van der Waals surface area (Å²) in [6.07, 6.45) is 0. The molecule has 2 N–H and O–H groups in total. The van der Waals surface area contributed by atoms with E-state index < -0.39 is 4.92 Å². The number of fused-ring (bicyclic) bond motifs is 1. The fourth-order valence-electron chi connectivity index (χ4n) is 2.92. The molecule has 4 rings (SSSR count). The van der Waals surface area contributed by atoms with E-state index in [-0.39, 0.29) is 11.4 Å². The second-order valence-corrected chi connectivity index (χ2v) is 6.84. The first-order valence-corrected chi connectivity index (χ1v) is 9.13. The van der Waals surface area contributed by atoms with Crippen LogP contribution in [0.5, 0.6) is 5.75 Å². The highest BCUT2D eigenvalue weighted by molar-refractivity contribution is 7.14. The first-order chi connectivity index (χ1) is 13.1. The Balaban J connectivity index is 1.54. The summed E-state index contributed by atoms with van der Waals surface area (Å²) in [5.41, 5.74) is 2.44. The van der Waals surface area contributed by atoms with E-state index in [1.165, 1.54) is 23.5 Å². The van der Waals surface area contributed by atoms with Gasteiger partial charge in [0.2, 0.25) is 0 Å². The maximum Gasteiger partial charge on any atom is 0.269 e. The highest BCUT2D eigenvalue weighted by atomic mass is 32.1. The minimum absolute atomic E-state index is 0.0544. The lowest BCUT2D eigenvalue weighted by Gasteiger charge is -2.09. The normalized spacial score (nSPS) is 10.8. The minimum Gasteiger partial charge on any atom is -0.508 e. The Morgan fingerprint density at radius 3 is 2.63 bits per heavy atom. The van der Waals surface area contributed by atoms with Gasteiger partial charge in [0, 0.05) is 35.2 Å². The van der Waals surface area contributed by atoms with Crippen molar-refractivity contribution in [3.8, 4) is 17.0 Å². The third kappa shape index (κ3) is 3.45. The van der Waals surface area contributed by atoms with E-state index in [1.54, 1.807) is 18.2 Å². The zero-order valence-corrected chi connectivity index (χ0v) is 14.9. The van der Waals surface area contributed by atoms with E-state index in [2.05, 4.69) is 10.3 Å². The number of rotatable bonds is 5. The Morgan fingerprint density at radius 1 is 1.07 bits per heavy atom. The van der Waals surface area contributed by atoms with Gasteiger partial charge in [0.05, 0.1) is 10.6 Å².